The third kappa shape index (κ3) is 15.6. The van der Waals surface area contributed by atoms with Crippen molar-refractivity contribution in [3.63, 3.8) is 0 Å². The van der Waals surface area contributed by atoms with Crippen molar-refractivity contribution in [2.75, 3.05) is 0 Å². The molecule has 0 N–H and O–H groups in total. The standard InChI is InChI=1S/C4H4O4.2Fe/c5-3(6)1-2-4(7)8;;/h1-2H,(H,5,6)(H,7,8);;/q;;+2/p-2. The van der Waals surface area contributed by atoms with Crippen molar-refractivity contribution in [2.24, 2.45) is 0 Å². The molecule has 0 aromatic carbocycles. The number of carboxylic acids is 2. The summed E-state index contributed by atoms with van der Waals surface area (Å²) in [5.41, 5.74) is 0. The van der Waals surface area contributed by atoms with Gasteiger partial charge in [0.1, 0.15) is 0 Å². The number of carbonyl (C=O) groups excluding carboxylic acids is 2. The minimum atomic E-state index is -1.55. The number of rotatable bonds is 2. The van der Waals surface area contributed by atoms with Crippen LogP contribution in [0, 0.1) is 0 Å². The van der Waals surface area contributed by atoms with Gasteiger partial charge in [0.2, 0.25) is 0 Å². The zero-order valence-corrected chi connectivity index (χ0v) is 6.70. The molecule has 0 aliphatic carbocycles. The van der Waals surface area contributed by atoms with Gasteiger partial charge in [0.15, 0.2) is 0 Å². The van der Waals surface area contributed by atoms with Crippen molar-refractivity contribution in [3.8, 4) is 0 Å². The maximum Gasteiger partial charge on any atom is 2.00 e. The quantitative estimate of drug-likeness (QED) is 0.372. The molecule has 0 atom stereocenters. The molecule has 0 spiro atoms. The summed E-state index contributed by atoms with van der Waals surface area (Å²) < 4.78 is 0. The Hall–Kier alpha value is -0.281. The summed E-state index contributed by atoms with van der Waals surface area (Å²) >= 11 is 0. The fraction of sp³-hybridized carbons (Fsp3) is 0. The van der Waals surface area contributed by atoms with Gasteiger partial charge < -0.3 is 19.8 Å². The van der Waals surface area contributed by atoms with E-state index < -0.39 is 11.9 Å². The van der Waals surface area contributed by atoms with Crippen LogP contribution in [-0.2, 0) is 43.7 Å². The second-order valence-corrected chi connectivity index (χ2v) is 0.971. The Labute approximate surface area is 78.2 Å². The number of carbonyl (C=O) groups is 2. The predicted octanol–water partition coefficient (Wildman–Crippen LogP) is -2.96. The maximum absolute atomic E-state index is 9.41. The minimum absolute atomic E-state index is 0. The molecule has 10 heavy (non-hydrogen) atoms. The van der Waals surface area contributed by atoms with Gasteiger partial charge in [-0.3, -0.25) is 0 Å². The molecule has 58 valence electrons. The summed E-state index contributed by atoms with van der Waals surface area (Å²) in [4.78, 5) is 18.8. The van der Waals surface area contributed by atoms with Gasteiger partial charge in [0.25, 0.3) is 0 Å². The first-order valence-electron chi connectivity index (χ1n) is 1.73. The normalized spacial score (nSPS) is 7.60. The SMILES string of the molecule is O=C([O-])C=CC(=O)[O-].[Fe+2].[Fe]. The Kier molecular flexibility index (Phi) is 14.3. The van der Waals surface area contributed by atoms with Crippen LogP contribution in [0.15, 0.2) is 12.2 Å². The first-order valence-corrected chi connectivity index (χ1v) is 1.73. The number of hydrogen-bond acceptors (Lipinski definition) is 4. The summed E-state index contributed by atoms with van der Waals surface area (Å²) in [5, 5.41) is 18.8. The Morgan fingerprint density at radius 2 is 1.20 bits per heavy atom. The molecule has 0 saturated carbocycles. The minimum Gasteiger partial charge on any atom is -0.545 e. The van der Waals surface area contributed by atoms with Crippen LogP contribution < -0.4 is 10.2 Å². The molecule has 0 aromatic heterocycles. The van der Waals surface area contributed by atoms with Crippen LogP contribution in [0.5, 0.6) is 0 Å². The Morgan fingerprint density at radius 3 is 1.30 bits per heavy atom. The van der Waals surface area contributed by atoms with Gasteiger partial charge in [-0.05, 0) is 12.2 Å². The number of aliphatic carboxylic acids is 2. The summed E-state index contributed by atoms with van der Waals surface area (Å²) in [6.45, 7) is 0. The molecular formula is C4H2Fe2O4. The second kappa shape index (κ2) is 8.72. The summed E-state index contributed by atoms with van der Waals surface area (Å²) in [6, 6.07) is 0. The topological polar surface area (TPSA) is 80.3 Å². The Bertz CT molecular complexity index is 126. The summed E-state index contributed by atoms with van der Waals surface area (Å²) in [5.74, 6) is -3.09. The van der Waals surface area contributed by atoms with E-state index in [2.05, 4.69) is 0 Å². The summed E-state index contributed by atoms with van der Waals surface area (Å²) in [7, 11) is 0. The molecule has 0 fully saturated rings. The third-order valence-electron chi connectivity index (χ3n) is 0.355. The molecule has 0 bridgehead atoms. The van der Waals surface area contributed by atoms with Crippen molar-refractivity contribution in [1.29, 1.82) is 0 Å². The molecule has 0 aliphatic heterocycles. The van der Waals surface area contributed by atoms with Crippen LogP contribution in [0.4, 0.5) is 0 Å². The van der Waals surface area contributed by atoms with Gasteiger partial charge in [-0.1, -0.05) is 0 Å². The molecule has 0 unspecified atom stereocenters. The first kappa shape index (κ1) is 16.4. The number of hydrogen-bond donors (Lipinski definition) is 0. The molecule has 4 nitrogen and oxygen atoms in total. The largest absolute Gasteiger partial charge is 2.00 e. The van der Waals surface area contributed by atoms with Crippen molar-refractivity contribution in [3.05, 3.63) is 12.2 Å². The molecule has 6 heteroatoms. The van der Waals surface area contributed by atoms with Crippen LogP contribution >= 0.6 is 0 Å². The van der Waals surface area contributed by atoms with Crippen molar-refractivity contribution < 1.29 is 53.9 Å². The molecule has 0 aliphatic rings. The second-order valence-electron chi connectivity index (χ2n) is 0.971. The van der Waals surface area contributed by atoms with E-state index in [1.165, 1.54) is 0 Å². The van der Waals surface area contributed by atoms with Gasteiger partial charge in [0, 0.05) is 17.1 Å². The monoisotopic (exact) mass is 226 g/mol. The molecular weight excluding hydrogens is 224 g/mol. The van der Waals surface area contributed by atoms with Crippen molar-refractivity contribution >= 4 is 11.9 Å². The van der Waals surface area contributed by atoms with E-state index >= 15 is 0 Å². The zero-order valence-electron chi connectivity index (χ0n) is 4.49. The van der Waals surface area contributed by atoms with Gasteiger partial charge in [-0.2, -0.15) is 0 Å². The third-order valence-corrected chi connectivity index (χ3v) is 0.355. The van der Waals surface area contributed by atoms with Crippen LogP contribution in [0.2, 0.25) is 0 Å². The van der Waals surface area contributed by atoms with E-state index in [1.807, 2.05) is 0 Å². The average Bonchev–Trinajstić information content (AvgIpc) is 1.61. The maximum atomic E-state index is 9.41. The molecule has 0 radical (unpaired) electrons. The van der Waals surface area contributed by atoms with E-state index in [0.29, 0.717) is 12.2 Å². The smallest absolute Gasteiger partial charge is 0.545 e. The van der Waals surface area contributed by atoms with Crippen LogP contribution in [0.3, 0.4) is 0 Å². The van der Waals surface area contributed by atoms with E-state index in [-0.39, 0.29) is 34.1 Å². The van der Waals surface area contributed by atoms with Crippen LogP contribution in [0.1, 0.15) is 0 Å². The Morgan fingerprint density at radius 1 is 1.00 bits per heavy atom. The van der Waals surface area contributed by atoms with E-state index in [1.54, 1.807) is 0 Å². The van der Waals surface area contributed by atoms with Gasteiger partial charge in [0.05, 0.1) is 11.9 Å². The fourth-order valence-corrected chi connectivity index (χ4v) is 0.136. The molecule has 0 heterocycles. The molecule has 0 aromatic rings. The van der Waals surface area contributed by atoms with Gasteiger partial charge >= 0.3 is 17.1 Å². The fourth-order valence-electron chi connectivity index (χ4n) is 0.136. The average molecular weight is 226 g/mol. The molecule has 0 amide bonds. The van der Waals surface area contributed by atoms with E-state index in [9.17, 15) is 19.8 Å². The number of carboxylic acid groups (broad SMARTS) is 2. The summed E-state index contributed by atoms with van der Waals surface area (Å²) in [6.07, 6.45) is 0.769. The van der Waals surface area contributed by atoms with Crippen LogP contribution in [0.25, 0.3) is 0 Å². The first-order chi connectivity index (χ1) is 3.63. The molecule has 0 rings (SSSR count). The van der Waals surface area contributed by atoms with Gasteiger partial charge in [-0.25, -0.2) is 0 Å². The van der Waals surface area contributed by atoms with E-state index in [4.69, 9.17) is 0 Å². The molecule has 0 saturated heterocycles. The Balaban J connectivity index is -0.000000245. The predicted molar refractivity (Wildman–Crippen MR) is 19.2 cm³/mol. The van der Waals surface area contributed by atoms with E-state index in [0.717, 1.165) is 0 Å². The van der Waals surface area contributed by atoms with Crippen molar-refractivity contribution in [1.82, 2.24) is 0 Å². The van der Waals surface area contributed by atoms with Gasteiger partial charge in [-0.15, -0.1) is 0 Å². The zero-order chi connectivity index (χ0) is 6.57. The van der Waals surface area contributed by atoms with Crippen LogP contribution in [-0.4, -0.2) is 11.9 Å². The van der Waals surface area contributed by atoms with Crippen molar-refractivity contribution in [2.45, 2.75) is 0 Å².